The lowest BCUT2D eigenvalue weighted by Crippen LogP contribution is -2.45. The van der Waals surface area contributed by atoms with Gasteiger partial charge in [0.15, 0.2) is 11.9 Å². The molecular weight excluding hydrogens is 879 g/mol. The molecule has 1 N–H and O–H groups in total. The lowest BCUT2D eigenvalue weighted by molar-refractivity contribution is -0.145. The lowest BCUT2D eigenvalue weighted by Gasteiger charge is -2.32. The zero-order valence-electron chi connectivity index (χ0n) is 37.4. The van der Waals surface area contributed by atoms with Crippen LogP contribution in [0.25, 0.3) is 43.2 Å². The van der Waals surface area contributed by atoms with Crippen molar-refractivity contribution in [3.8, 4) is 56.0 Å². The summed E-state index contributed by atoms with van der Waals surface area (Å²) in [6.07, 6.45) is 1.96. The first-order chi connectivity index (χ1) is 32.0. The molecule has 1 aliphatic heterocycles. The predicted molar refractivity (Wildman–Crippen MR) is 258 cm³/mol. The Kier molecular flexibility index (Phi) is 15.1. The highest BCUT2D eigenvalue weighted by Gasteiger charge is 2.28. The van der Waals surface area contributed by atoms with E-state index in [1.54, 1.807) is 42.7 Å². The minimum atomic E-state index is -1.32. The highest BCUT2D eigenvalue weighted by molar-refractivity contribution is 7.22. The Hall–Kier alpha value is -6.16. The van der Waals surface area contributed by atoms with E-state index in [9.17, 15) is 14.3 Å². The number of hydrogen-bond donors (Lipinski definition) is 1. The lowest BCUT2D eigenvalue weighted by atomic mass is 9.95. The normalized spacial score (nSPS) is 13.8. The molecule has 1 atom stereocenters. The monoisotopic (exact) mass is 930 g/mol. The first-order valence-corrected chi connectivity index (χ1v) is 23.0. The van der Waals surface area contributed by atoms with Crippen LogP contribution in [0.2, 0.25) is 5.02 Å². The number of hydrogen-bond acceptors (Lipinski definition) is 12. The quantitative estimate of drug-likeness (QED) is 0.0832. The Labute approximate surface area is 393 Å². The van der Waals surface area contributed by atoms with Crippen LogP contribution in [0.4, 0.5) is 4.39 Å². The van der Waals surface area contributed by atoms with E-state index in [2.05, 4.69) is 26.7 Å². The molecule has 0 radical (unpaired) electrons. The summed E-state index contributed by atoms with van der Waals surface area (Å²) in [7, 11) is 6.13. The second kappa shape index (κ2) is 21.4. The second-order valence-electron chi connectivity index (χ2n) is 16.4. The molecule has 12 nitrogen and oxygen atoms in total. The molecule has 3 aromatic heterocycles. The van der Waals surface area contributed by atoms with Crippen molar-refractivity contribution in [2.75, 3.05) is 73.6 Å². The molecule has 0 aliphatic carbocycles. The number of piperazine rings is 1. The summed E-state index contributed by atoms with van der Waals surface area (Å²) >= 11 is 8.49. The van der Waals surface area contributed by atoms with Gasteiger partial charge in [-0.05, 0) is 111 Å². The van der Waals surface area contributed by atoms with Crippen molar-refractivity contribution in [3.63, 3.8) is 0 Å². The number of likely N-dealkylation sites (N-methyl/N-ethyl adjacent to an activating group) is 2. The fraction of sp³-hybridized carbons (Fsp3) is 0.294. The number of ether oxygens (including phenoxy) is 4. The van der Waals surface area contributed by atoms with Crippen LogP contribution < -0.4 is 18.9 Å². The van der Waals surface area contributed by atoms with Crippen LogP contribution in [-0.2, 0) is 17.8 Å². The molecule has 0 spiro atoms. The van der Waals surface area contributed by atoms with Gasteiger partial charge in [0.2, 0.25) is 0 Å². The molecule has 342 valence electrons. The van der Waals surface area contributed by atoms with Crippen molar-refractivity contribution in [1.29, 1.82) is 0 Å². The molecule has 4 heterocycles. The summed E-state index contributed by atoms with van der Waals surface area (Å²) in [6.45, 7) is 8.73. The number of para-hydroxylation sites is 1. The molecule has 8 rings (SSSR count). The zero-order chi connectivity index (χ0) is 46.2. The fourth-order valence-electron chi connectivity index (χ4n) is 7.71. The summed E-state index contributed by atoms with van der Waals surface area (Å²) in [5.41, 5.74) is 5.18. The number of halogens is 2. The summed E-state index contributed by atoms with van der Waals surface area (Å²) < 4.78 is 39.1. The smallest absolute Gasteiger partial charge is 0.345 e. The van der Waals surface area contributed by atoms with Crippen LogP contribution in [0.1, 0.15) is 16.8 Å². The second-order valence-corrected chi connectivity index (χ2v) is 17.8. The molecule has 1 unspecified atom stereocenters. The number of carboxylic acids is 1. The Morgan fingerprint density at radius 3 is 2.35 bits per heavy atom. The van der Waals surface area contributed by atoms with Crippen molar-refractivity contribution < 1.29 is 33.2 Å². The van der Waals surface area contributed by atoms with Crippen molar-refractivity contribution >= 4 is 39.1 Å². The largest absolute Gasteiger partial charge is 0.492 e. The van der Waals surface area contributed by atoms with Crippen molar-refractivity contribution in [2.24, 2.45) is 0 Å². The van der Waals surface area contributed by atoms with Crippen LogP contribution in [0, 0.1) is 12.7 Å². The Balaban J connectivity index is 1.04. The molecule has 15 heteroatoms. The fourth-order valence-corrected chi connectivity index (χ4v) is 9.11. The zero-order valence-corrected chi connectivity index (χ0v) is 38.9. The van der Waals surface area contributed by atoms with E-state index in [0.29, 0.717) is 62.8 Å². The van der Waals surface area contributed by atoms with Crippen LogP contribution in [-0.4, -0.2) is 120 Å². The molecule has 4 aromatic carbocycles. The minimum Gasteiger partial charge on any atom is -0.492 e. The maximum Gasteiger partial charge on any atom is 0.345 e. The third-order valence-electron chi connectivity index (χ3n) is 11.5. The first kappa shape index (κ1) is 46.4. The maximum absolute atomic E-state index is 14.3. The van der Waals surface area contributed by atoms with E-state index < -0.39 is 12.1 Å². The van der Waals surface area contributed by atoms with Gasteiger partial charge in [0.1, 0.15) is 53.5 Å². The first-order valence-electron chi connectivity index (χ1n) is 21.8. The Morgan fingerprint density at radius 2 is 1.59 bits per heavy atom. The average Bonchev–Trinajstić information content (AvgIpc) is 3.71. The van der Waals surface area contributed by atoms with Gasteiger partial charge < -0.3 is 33.9 Å². The number of benzene rings is 4. The molecule has 0 amide bonds. The van der Waals surface area contributed by atoms with Gasteiger partial charge in [-0.1, -0.05) is 48.0 Å². The van der Waals surface area contributed by atoms with Crippen LogP contribution in [0.15, 0.2) is 109 Å². The van der Waals surface area contributed by atoms with Gasteiger partial charge in [-0.25, -0.2) is 24.1 Å². The summed E-state index contributed by atoms with van der Waals surface area (Å²) in [5.74, 6) is 1.19. The number of aliphatic carboxylic acids is 1. The number of thiophene rings is 1. The minimum absolute atomic E-state index is 0.0113. The van der Waals surface area contributed by atoms with Gasteiger partial charge in [-0.2, -0.15) is 0 Å². The van der Waals surface area contributed by atoms with E-state index in [1.165, 1.54) is 23.5 Å². The van der Waals surface area contributed by atoms with E-state index in [1.807, 2.05) is 75.6 Å². The van der Waals surface area contributed by atoms with Crippen molar-refractivity contribution in [3.05, 3.63) is 137 Å². The van der Waals surface area contributed by atoms with E-state index in [4.69, 9.17) is 40.5 Å². The third-order valence-corrected chi connectivity index (χ3v) is 13.1. The van der Waals surface area contributed by atoms with Crippen LogP contribution in [0.5, 0.6) is 23.0 Å². The topological polar surface area (TPSA) is 123 Å². The molecule has 0 saturated carbocycles. The van der Waals surface area contributed by atoms with Gasteiger partial charge >= 0.3 is 5.97 Å². The molecule has 66 heavy (non-hydrogen) atoms. The van der Waals surface area contributed by atoms with Crippen molar-refractivity contribution in [2.45, 2.75) is 26.1 Å². The third kappa shape index (κ3) is 11.3. The summed E-state index contributed by atoms with van der Waals surface area (Å²) in [6, 6.07) is 28.5. The van der Waals surface area contributed by atoms with Gasteiger partial charge in [0.25, 0.3) is 0 Å². The van der Waals surface area contributed by atoms with Crippen LogP contribution in [0.3, 0.4) is 0 Å². The highest BCUT2D eigenvalue weighted by Crippen LogP contribution is 2.50. The number of rotatable bonds is 19. The molecule has 0 bridgehead atoms. The Morgan fingerprint density at radius 1 is 0.848 bits per heavy atom. The standard InChI is InChI=1S/C51H52ClFN6O6S/c1-33-40(17-18-43(47(33)52)63-30-28-59-25-23-58(4)24-26-59)45-46-42(20-22-55-50(46)66-48(45)34-9-13-37(53)14-10-34)65-44(51(60)61)31-36-7-5-6-8-41(36)64-32-38-19-21-54-49(56-38)35-11-15-39(16-12-35)62-29-27-57(2)3/h5-22,44H,23-32H2,1-4H3,(H,60,61). The number of nitrogens with zero attached hydrogens (tertiary/aromatic N) is 6. The number of carbonyl (C=O) groups is 1. The molecule has 1 aliphatic rings. The van der Waals surface area contributed by atoms with Gasteiger partial charge in [0, 0.05) is 74.1 Å². The van der Waals surface area contributed by atoms with Crippen LogP contribution >= 0.6 is 22.9 Å². The molecule has 1 fully saturated rings. The Bertz CT molecular complexity index is 2770. The highest BCUT2D eigenvalue weighted by atomic mass is 35.5. The number of aromatic nitrogens is 3. The van der Waals surface area contributed by atoms with E-state index in [-0.39, 0.29) is 18.8 Å². The van der Waals surface area contributed by atoms with Gasteiger partial charge in [-0.15, -0.1) is 11.3 Å². The van der Waals surface area contributed by atoms with Gasteiger partial charge in [-0.3, -0.25) is 4.90 Å². The average molecular weight is 932 g/mol. The number of carboxylic acid groups (broad SMARTS) is 1. The van der Waals surface area contributed by atoms with Crippen molar-refractivity contribution in [1.82, 2.24) is 29.7 Å². The summed E-state index contributed by atoms with van der Waals surface area (Å²) in [5, 5.41) is 11.8. The van der Waals surface area contributed by atoms with E-state index >= 15 is 0 Å². The maximum atomic E-state index is 14.3. The number of fused-ring (bicyclic) bond motifs is 1. The molecule has 7 aromatic rings. The summed E-state index contributed by atoms with van der Waals surface area (Å²) in [4.78, 5) is 35.2. The predicted octanol–water partition coefficient (Wildman–Crippen LogP) is 9.41. The molecular formula is C51H52ClFN6O6S. The van der Waals surface area contributed by atoms with E-state index in [0.717, 1.165) is 77.7 Å². The molecule has 1 saturated heterocycles. The van der Waals surface area contributed by atoms with Gasteiger partial charge in [0.05, 0.1) is 16.1 Å². The SMILES string of the molecule is Cc1c(-c2c(-c3ccc(F)cc3)sc3nccc(OC(Cc4ccccc4OCc4ccnc(-c5ccc(OCCN(C)C)cc5)n4)C(=O)O)c23)ccc(OCCN2CCN(C)CC2)c1Cl. The number of pyridine rings is 1.